The van der Waals surface area contributed by atoms with Crippen LogP contribution in [0.4, 0.5) is 24.7 Å². The Hall–Kier alpha value is -2.86. The van der Waals surface area contributed by atoms with Crippen molar-refractivity contribution in [3.63, 3.8) is 0 Å². The molecular formula is C22H21BrF3N5O2S. The van der Waals surface area contributed by atoms with Crippen molar-refractivity contribution in [2.45, 2.75) is 30.9 Å². The molecule has 0 bridgehead atoms. The molecule has 3 heterocycles. The van der Waals surface area contributed by atoms with Crippen LogP contribution < -0.4 is 10.6 Å². The third-order valence-corrected chi connectivity index (χ3v) is 6.13. The Bertz CT molecular complexity index is 1250. The molecule has 3 aromatic rings. The second kappa shape index (κ2) is 9.79. The van der Waals surface area contributed by atoms with Gasteiger partial charge in [-0.25, -0.2) is 4.98 Å². The lowest BCUT2D eigenvalue weighted by Gasteiger charge is -2.33. The molecule has 0 saturated carbocycles. The lowest BCUT2D eigenvalue weighted by atomic mass is 10.0. The van der Waals surface area contributed by atoms with Crippen LogP contribution in [0.1, 0.15) is 50.5 Å². The zero-order chi connectivity index (χ0) is 23.9. The van der Waals surface area contributed by atoms with Crippen molar-refractivity contribution in [3.05, 3.63) is 70.7 Å². The summed E-state index contributed by atoms with van der Waals surface area (Å²) >= 11 is 3.10. The van der Waals surface area contributed by atoms with E-state index in [0.29, 0.717) is 11.3 Å². The van der Waals surface area contributed by atoms with Crippen LogP contribution in [0.3, 0.4) is 0 Å². The fourth-order valence-corrected chi connectivity index (χ4v) is 4.39. The van der Waals surface area contributed by atoms with Crippen molar-refractivity contribution in [1.82, 2.24) is 14.8 Å². The van der Waals surface area contributed by atoms with E-state index in [0.717, 1.165) is 6.07 Å². The van der Waals surface area contributed by atoms with Gasteiger partial charge in [-0.15, -0.1) is 0 Å². The summed E-state index contributed by atoms with van der Waals surface area (Å²) in [6.45, 7) is 2.07. The van der Waals surface area contributed by atoms with Crippen molar-refractivity contribution in [3.8, 4) is 0 Å². The van der Waals surface area contributed by atoms with E-state index >= 15 is 0 Å². The number of anilines is 2. The number of nitrogens with zero attached hydrogens (tertiary/aromatic N) is 4. The second-order valence-corrected chi connectivity index (χ2v) is 8.30. The number of carbonyl (C=O) groups excluding carboxylic acids is 2. The Balaban J connectivity index is 0.00000324. The molecule has 1 aliphatic heterocycles. The monoisotopic (exact) mass is 555 g/mol. The molecule has 180 valence electrons. The number of nitrogens with two attached hydrogens (primary N) is 1. The summed E-state index contributed by atoms with van der Waals surface area (Å²) in [5, 5.41) is 4.26. The van der Waals surface area contributed by atoms with Gasteiger partial charge in [0.25, 0.3) is 5.91 Å². The molecule has 1 amide bonds. The molecule has 2 aromatic heterocycles. The molecule has 34 heavy (non-hydrogen) atoms. The number of benzene rings is 1. The Kier molecular flexibility index (Phi) is 7.41. The van der Waals surface area contributed by atoms with Crippen molar-refractivity contribution in [2.75, 3.05) is 17.2 Å². The van der Waals surface area contributed by atoms with Gasteiger partial charge in [0, 0.05) is 35.7 Å². The van der Waals surface area contributed by atoms with E-state index in [1.165, 1.54) is 29.4 Å². The topological polar surface area (TPSA) is 94.1 Å². The minimum Gasteiger partial charge on any atom is -0.383 e. The number of ketones is 1. The third kappa shape index (κ3) is 4.69. The van der Waals surface area contributed by atoms with E-state index in [-0.39, 0.29) is 66.3 Å². The van der Waals surface area contributed by atoms with Crippen LogP contribution in [0, 0.1) is 0 Å². The van der Waals surface area contributed by atoms with Gasteiger partial charge in [-0.1, -0.05) is 15.9 Å². The lowest BCUT2D eigenvalue weighted by molar-refractivity contribution is -0.138. The number of amides is 1. The highest BCUT2D eigenvalue weighted by atomic mass is 79.9. The molecule has 0 unspecified atom stereocenters. The van der Waals surface area contributed by atoms with Gasteiger partial charge in [0.15, 0.2) is 5.78 Å². The highest BCUT2D eigenvalue weighted by Gasteiger charge is 2.36. The second-order valence-electron chi connectivity index (χ2n) is 7.74. The highest BCUT2D eigenvalue weighted by molar-refractivity contribution is 9.08. The van der Waals surface area contributed by atoms with Gasteiger partial charge in [-0.3, -0.25) is 14.3 Å². The van der Waals surface area contributed by atoms with Gasteiger partial charge in [0.2, 0.25) is 0 Å². The standard InChI is InChI=1S/C22H19BrF3N5O2.H2S/c1-12-11-30(15-4-5-17(22(24,25)26)13(7-15)9-23)21(33)19-14(10-29-31(12)19)8-18(32)16-3-2-6-28-20(16)27;/h2-7,10,12H,8-9,11H2,1H3,(H2,27,28);1H2/t12-;/m0./s1. The number of fused-ring (bicyclic) bond motifs is 1. The number of aromatic nitrogens is 3. The fourth-order valence-electron chi connectivity index (χ4n) is 3.93. The maximum Gasteiger partial charge on any atom is 0.416 e. The Morgan fingerprint density at radius 2 is 2.00 bits per heavy atom. The van der Waals surface area contributed by atoms with Gasteiger partial charge in [0.1, 0.15) is 11.5 Å². The van der Waals surface area contributed by atoms with E-state index in [4.69, 9.17) is 5.73 Å². The third-order valence-electron chi connectivity index (χ3n) is 5.52. The van der Waals surface area contributed by atoms with Gasteiger partial charge >= 0.3 is 6.18 Å². The van der Waals surface area contributed by atoms with Crippen LogP contribution in [0.2, 0.25) is 0 Å². The molecule has 7 nitrogen and oxygen atoms in total. The molecule has 4 rings (SSSR count). The van der Waals surface area contributed by atoms with E-state index in [1.54, 1.807) is 16.8 Å². The first kappa shape index (κ1) is 25.8. The molecule has 0 radical (unpaired) electrons. The van der Waals surface area contributed by atoms with Gasteiger partial charge in [0.05, 0.1) is 23.4 Å². The molecular weight excluding hydrogens is 535 g/mol. The van der Waals surface area contributed by atoms with Crippen molar-refractivity contribution < 1.29 is 22.8 Å². The number of hydrogen-bond acceptors (Lipinski definition) is 5. The largest absolute Gasteiger partial charge is 0.416 e. The smallest absolute Gasteiger partial charge is 0.383 e. The maximum atomic E-state index is 13.4. The van der Waals surface area contributed by atoms with Gasteiger partial charge in [-0.05, 0) is 42.8 Å². The average Bonchev–Trinajstić information content (AvgIpc) is 3.19. The fraction of sp³-hybridized carbons (Fsp3) is 0.273. The van der Waals surface area contributed by atoms with Crippen molar-refractivity contribution >= 4 is 52.6 Å². The summed E-state index contributed by atoms with van der Waals surface area (Å²) < 4.78 is 41.4. The van der Waals surface area contributed by atoms with Crippen LogP contribution in [0.25, 0.3) is 0 Å². The number of carbonyl (C=O) groups is 2. The van der Waals surface area contributed by atoms with Crippen LogP contribution >= 0.6 is 29.4 Å². The first-order chi connectivity index (χ1) is 15.6. The van der Waals surface area contributed by atoms with Gasteiger partial charge in [-0.2, -0.15) is 31.8 Å². The minimum absolute atomic E-state index is 0. The van der Waals surface area contributed by atoms with E-state index < -0.39 is 17.6 Å². The number of nitrogen functional groups attached to an aromatic ring is 1. The first-order valence-electron chi connectivity index (χ1n) is 9.99. The molecule has 0 aliphatic carbocycles. The van der Waals surface area contributed by atoms with Crippen LogP contribution in [0.5, 0.6) is 0 Å². The predicted molar refractivity (Wildman–Crippen MR) is 130 cm³/mol. The van der Waals surface area contributed by atoms with Gasteiger partial charge < -0.3 is 10.6 Å². The summed E-state index contributed by atoms with van der Waals surface area (Å²) in [5.41, 5.74) is 6.29. The molecule has 12 heteroatoms. The lowest BCUT2D eigenvalue weighted by Crippen LogP contribution is -2.43. The van der Waals surface area contributed by atoms with Crippen molar-refractivity contribution in [1.29, 1.82) is 0 Å². The molecule has 0 fully saturated rings. The van der Waals surface area contributed by atoms with Crippen LogP contribution in [-0.2, 0) is 17.9 Å². The Labute approximate surface area is 208 Å². The Morgan fingerprint density at radius 3 is 2.65 bits per heavy atom. The molecule has 2 N–H and O–H groups in total. The predicted octanol–water partition coefficient (Wildman–Crippen LogP) is 4.53. The SMILES string of the molecule is C[C@H]1CN(c2ccc(C(F)(F)F)c(CBr)c2)C(=O)c2c(CC(=O)c3cccnc3N)cnn21.S. The van der Waals surface area contributed by atoms with E-state index in [9.17, 15) is 22.8 Å². The number of alkyl halides is 4. The van der Waals surface area contributed by atoms with E-state index in [2.05, 4.69) is 26.0 Å². The number of pyridine rings is 1. The zero-order valence-electron chi connectivity index (χ0n) is 17.9. The summed E-state index contributed by atoms with van der Waals surface area (Å²) in [7, 11) is 0. The number of Topliss-reactive ketones (excluding diaryl/α,β-unsaturated/α-hetero) is 1. The number of rotatable bonds is 5. The minimum atomic E-state index is -4.50. The first-order valence-corrected chi connectivity index (χ1v) is 11.1. The summed E-state index contributed by atoms with van der Waals surface area (Å²) in [5.74, 6) is -0.658. The summed E-state index contributed by atoms with van der Waals surface area (Å²) in [6, 6.07) is 6.52. The quantitative estimate of drug-likeness (QED) is 0.368. The normalized spacial score (nSPS) is 15.6. The Morgan fingerprint density at radius 1 is 1.26 bits per heavy atom. The molecule has 1 atom stereocenters. The summed E-state index contributed by atoms with van der Waals surface area (Å²) in [4.78, 5) is 31.5. The number of hydrogen-bond donors (Lipinski definition) is 1. The highest BCUT2D eigenvalue weighted by Crippen LogP contribution is 2.36. The molecule has 0 saturated heterocycles. The molecule has 1 aromatic carbocycles. The van der Waals surface area contributed by atoms with Crippen LogP contribution in [0.15, 0.2) is 42.7 Å². The van der Waals surface area contributed by atoms with Crippen molar-refractivity contribution in [2.24, 2.45) is 0 Å². The number of halogens is 4. The summed E-state index contributed by atoms with van der Waals surface area (Å²) in [6.07, 6.45) is -1.67. The van der Waals surface area contributed by atoms with E-state index in [1.807, 2.05) is 6.92 Å². The molecule has 0 spiro atoms. The molecule has 1 aliphatic rings. The maximum absolute atomic E-state index is 13.4. The average molecular weight is 556 g/mol. The zero-order valence-corrected chi connectivity index (χ0v) is 20.5. The van der Waals surface area contributed by atoms with Crippen LogP contribution in [-0.4, -0.2) is 33.0 Å².